The van der Waals surface area contributed by atoms with Crippen LogP contribution in [0.3, 0.4) is 0 Å². The highest BCUT2D eigenvalue weighted by Gasteiger charge is 2.33. The molecule has 6 nitrogen and oxygen atoms in total. The van der Waals surface area contributed by atoms with Crippen molar-refractivity contribution in [3.8, 4) is 5.75 Å². The summed E-state index contributed by atoms with van der Waals surface area (Å²) in [6.45, 7) is 0.692. The van der Waals surface area contributed by atoms with Gasteiger partial charge in [-0.2, -0.15) is 0 Å². The lowest BCUT2D eigenvalue weighted by Gasteiger charge is -2.17. The number of benzene rings is 2. The molecule has 1 heterocycles. The van der Waals surface area contributed by atoms with Gasteiger partial charge in [0.05, 0.1) is 0 Å². The number of carboxylic acid groups (broad SMARTS) is 1. The molecule has 2 aromatic rings. The smallest absolute Gasteiger partial charge is 0.405 e. The van der Waals surface area contributed by atoms with Gasteiger partial charge in [0.1, 0.15) is 24.2 Å². The first-order chi connectivity index (χ1) is 12.0. The molecule has 1 fully saturated rings. The van der Waals surface area contributed by atoms with Gasteiger partial charge in [-0.05, 0) is 48.4 Å². The Bertz CT molecular complexity index is 779. The second kappa shape index (κ2) is 7.21. The van der Waals surface area contributed by atoms with Crippen molar-refractivity contribution in [1.82, 2.24) is 5.32 Å². The fraction of sp³-hybridized carbons (Fsp3) is 0.222. The number of halogens is 1. The maximum Gasteiger partial charge on any atom is 0.405 e. The molecule has 2 amide bonds. The first-order valence-electron chi connectivity index (χ1n) is 7.81. The molecule has 1 atom stereocenters. The molecule has 1 aliphatic heterocycles. The maximum atomic E-state index is 13.1. The maximum absolute atomic E-state index is 13.1. The fourth-order valence-electron chi connectivity index (χ4n) is 2.73. The van der Waals surface area contributed by atoms with E-state index >= 15 is 0 Å². The highest BCUT2D eigenvalue weighted by atomic mass is 19.1. The fourth-order valence-corrected chi connectivity index (χ4v) is 2.73. The molecule has 0 spiro atoms. The van der Waals surface area contributed by atoms with Gasteiger partial charge in [0, 0.05) is 12.2 Å². The van der Waals surface area contributed by atoms with Crippen LogP contribution in [-0.2, 0) is 11.4 Å². The molecule has 3 rings (SSSR count). The van der Waals surface area contributed by atoms with Crippen molar-refractivity contribution in [2.24, 2.45) is 0 Å². The molecular weight excluding hydrogens is 327 g/mol. The van der Waals surface area contributed by atoms with Gasteiger partial charge in [-0.3, -0.25) is 4.79 Å². The Balaban J connectivity index is 1.61. The van der Waals surface area contributed by atoms with Gasteiger partial charge in [0.15, 0.2) is 0 Å². The Morgan fingerprint density at radius 1 is 1.28 bits per heavy atom. The number of nitrogens with zero attached hydrogens (tertiary/aromatic N) is 1. The summed E-state index contributed by atoms with van der Waals surface area (Å²) in [6, 6.07) is 12.4. The summed E-state index contributed by atoms with van der Waals surface area (Å²) < 4.78 is 18.7. The summed E-state index contributed by atoms with van der Waals surface area (Å²) >= 11 is 0. The van der Waals surface area contributed by atoms with Crippen LogP contribution in [0.25, 0.3) is 0 Å². The Hall–Kier alpha value is -3.09. The molecule has 0 bridgehead atoms. The highest BCUT2D eigenvalue weighted by molar-refractivity contribution is 6.00. The Morgan fingerprint density at radius 2 is 2.04 bits per heavy atom. The first-order valence-corrected chi connectivity index (χ1v) is 7.81. The van der Waals surface area contributed by atoms with E-state index in [4.69, 9.17) is 9.84 Å². The van der Waals surface area contributed by atoms with E-state index in [2.05, 4.69) is 5.32 Å². The van der Waals surface area contributed by atoms with Gasteiger partial charge in [-0.1, -0.05) is 12.1 Å². The zero-order chi connectivity index (χ0) is 17.8. The lowest BCUT2D eigenvalue weighted by Crippen LogP contribution is -2.40. The number of amides is 2. The largest absolute Gasteiger partial charge is 0.489 e. The Morgan fingerprint density at radius 3 is 2.72 bits per heavy atom. The van der Waals surface area contributed by atoms with Crippen molar-refractivity contribution in [2.45, 2.75) is 19.1 Å². The average Bonchev–Trinajstić information content (AvgIpc) is 2.94. The Labute approximate surface area is 143 Å². The van der Waals surface area contributed by atoms with Crippen LogP contribution in [0.5, 0.6) is 5.75 Å². The van der Waals surface area contributed by atoms with E-state index in [1.54, 1.807) is 36.4 Å². The number of anilines is 1. The molecule has 1 unspecified atom stereocenters. The summed E-state index contributed by atoms with van der Waals surface area (Å²) in [5.41, 5.74) is 1.40. The molecule has 2 N–H and O–H groups in total. The van der Waals surface area contributed by atoms with Crippen molar-refractivity contribution in [3.63, 3.8) is 0 Å². The molecule has 1 saturated heterocycles. The summed E-state index contributed by atoms with van der Waals surface area (Å²) in [4.78, 5) is 24.4. The molecule has 7 heteroatoms. The minimum atomic E-state index is -1.21. The van der Waals surface area contributed by atoms with Crippen LogP contribution in [-0.4, -0.2) is 29.7 Å². The highest BCUT2D eigenvalue weighted by Crippen LogP contribution is 2.24. The van der Waals surface area contributed by atoms with E-state index in [9.17, 15) is 14.0 Å². The van der Waals surface area contributed by atoms with Crippen LogP contribution >= 0.6 is 0 Å². The van der Waals surface area contributed by atoms with Crippen LogP contribution in [0.15, 0.2) is 48.5 Å². The molecule has 0 saturated carbocycles. The first kappa shape index (κ1) is 16.8. The zero-order valence-electron chi connectivity index (χ0n) is 13.3. The summed E-state index contributed by atoms with van der Waals surface area (Å²) in [6.07, 6.45) is -0.774. The summed E-state index contributed by atoms with van der Waals surface area (Å²) in [5, 5.41) is 10.9. The molecule has 1 aliphatic rings. The number of rotatable bonds is 5. The Kier molecular flexibility index (Phi) is 4.83. The SMILES string of the molecule is O=C(O)NC1CCN(c2ccc(OCc3cccc(F)c3)cc2)C1=O. The van der Waals surface area contributed by atoms with E-state index in [1.807, 2.05) is 0 Å². The molecule has 25 heavy (non-hydrogen) atoms. The van der Waals surface area contributed by atoms with Crippen molar-refractivity contribution in [3.05, 3.63) is 59.9 Å². The van der Waals surface area contributed by atoms with Crippen LogP contribution in [0.4, 0.5) is 14.9 Å². The molecule has 0 radical (unpaired) electrons. The van der Waals surface area contributed by atoms with Crippen LogP contribution < -0.4 is 15.0 Å². The van der Waals surface area contributed by atoms with Crippen LogP contribution in [0.2, 0.25) is 0 Å². The second-order valence-electron chi connectivity index (χ2n) is 5.69. The predicted octanol–water partition coefficient (Wildman–Crippen LogP) is 2.78. The molecule has 0 aromatic heterocycles. The van der Waals surface area contributed by atoms with Crippen LogP contribution in [0.1, 0.15) is 12.0 Å². The van der Waals surface area contributed by atoms with E-state index in [0.29, 0.717) is 24.4 Å². The van der Waals surface area contributed by atoms with E-state index in [0.717, 1.165) is 5.56 Å². The van der Waals surface area contributed by atoms with Crippen molar-refractivity contribution < 1.29 is 23.8 Å². The standard InChI is InChI=1S/C18H17FN2O4/c19-13-3-1-2-12(10-13)11-25-15-6-4-14(5-7-15)21-9-8-16(17(21)22)20-18(23)24/h1-7,10,16,20H,8-9,11H2,(H,23,24). The summed E-state index contributed by atoms with van der Waals surface area (Å²) in [5.74, 6) is 0.0178. The van der Waals surface area contributed by atoms with E-state index in [-0.39, 0.29) is 18.3 Å². The van der Waals surface area contributed by atoms with Gasteiger partial charge in [-0.15, -0.1) is 0 Å². The van der Waals surface area contributed by atoms with Crippen molar-refractivity contribution >= 4 is 17.7 Å². The van der Waals surface area contributed by atoms with E-state index < -0.39 is 12.1 Å². The average molecular weight is 344 g/mol. The van der Waals surface area contributed by atoms with E-state index in [1.165, 1.54) is 17.0 Å². The second-order valence-corrected chi connectivity index (χ2v) is 5.69. The normalized spacial score (nSPS) is 16.8. The number of carbonyl (C=O) groups is 2. The van der Waals surface area contributed by atoms with Gasteiger partial charge in [0.25, 0.3) is 0 Å². The van der Waals surface area contributed by atoms with Gasteiger partial charge in [-0.25, -0.2) is 9.18 Å². The number of hydrogen-bond acceptors (Lipinski definition) is 3. The molecule has 0 aliphatic carbocycles. The lowest BCUT2D eigenvalue weighted by atomic mass is 10.2. The number of nitrogens with one attached hydrogen (secondary N) is 1. The monoisotopic (exact) mass is 344 g/mol. The molecular formula is C18H17FN2O4. The van der Waals surface area contributed by atoms with Gasteiger partial charge >= 0.3 is 6.09 Å². The molecule has 2 aromatic carbocycles. The third kappa shape index (κ3) is 4.06. The summed E-state index contributed by atoms with van der Waals surface area (Å²) in [7, 11) is 0. The van der Waals surface area contributed by atoms with Crippen LogP contribution in [0, 0.1) is 5.82 Å². The van der Waals surface area contributed by atoms with Gasteiger partial charge < -0.3 is 20.1 Å². The quantitative estimate of drug-likeness (QED) is 0.874. The van der Waals surface area contributed by atoms with Crippen molar-refractivity contribution in [2.75, 3.05) is 11.4 Å². The number of carbonyl (C=O) groups excluding carboxylic acids is 1. The molecule has 130 valence electrons. The van der Waals surface area contributed by atoms with Crippen molar-refractivity contribution in [1.29, 1.82) is 0 Å². The lowest BCUT2D eigenvalue weighted by molar-refractivity contribution is -0.118. The predicted molar refractivity (Wildman–Crippen MR) is 89.1 cm³/mol. The number of hydrogen-bond donors (Lipinski definition) is 2. The number of ether oxygens (including phenoxy) is 1. The minimum absolute atomic E-state index is 0.240. The third-order valence-corrected chi connectivity index (χ3v) is 3.95. The third-order valence-electron chi connectivity index (χ3n) is 3.95. The van der Waals surface area contributed by atoms with Gasteiger partial charge in [0.2, 0.25) is 5.91 Å². The topological polar surface area (TPSA) is 78.9 Å². The minimum Gasteiger partial charge on any atom is -0.489 e. The zero-order valence-corrected chi connectivity index (χ0v) is 13.3.